The highest BCUT2D eigenvalue weighted by atomic mass is 79.9. The maximum absolute atomic E-state index is 14.8. The number of nitrogens with zero attached hydrogens (tertiary/aromatic N) is 2. The van der Waals surface area contributed by atoms with Crippen LogP contribution in [0.1, 0.15) is 19.4 Å². The Morgan fingerprint density at radius 1 is 1.00 bits per heavy atom. The number of rotatable bonds is 10. The third kappa shape index (κ3) is 6.50. The number of sulfonamides is 1. The van der Waals surface area contributed by atoms with E-state index in [0.717, 1.165) is 20.4 Å². The molecule has 0 saturated carbocycles. The summed E-state index contributed by atoms with van der Waals surface area (Å²) in [5.74, 6) is -1.83. The third-order valence-corrected chi connectivity index (χ3v) is 7.76. The molecular weight excluding hydrogens is 549 g/mol. The summed E-state index contributed by atoms with van der Waals surface area (Å²) in [6.07, 6.45) is 0. The zero-order chi connectivity index (χ0) is 26.3. The summed E-state index contributed by atoms with van der Waals surface area (Å²) < 4.78 is 43.5. The minimum atomic E-state index is -4.30. The summed E-state index contributed by atoms with van der Waals surface area (Å²) in [7, 11) is -4.30. The van der Waals surface area contributed by atoms with E-state index in [4.69, 9.17) is 0 Å². The first-order chi connectivity index (χ1) is 17.1. The van der Waals surface area contributed by atoms with Crippen molar-refractivity contribution in [1.82, 2.24) is 10.2 Å². The molecule has 2 amide bonds. The average Bonchev–Trinajstić information content (AvgIpc) is 2.86. The molecule has 0 fully saturated rings. The summed E-state index contributed by atoms with van der Waals surface area (Å²) in [4.78, 5) is 27.5. The zero-order valence-electron chi connectivity index (χ0n) is 19.9. The van der Waals surface area contributed by atoms with Gasteiger partial charge in [0.2, 0.25) is 11.8 Å². The summed E-state index contributed by atoms with van der Waals surface area (Å²) in [5, 5.41) is 2.69. The number of amides is 2. The van der Waals surface area contributed by atoms with Crippen molar-refractivity contribution in [3.63, 3.8) is 0 Å². The molecule has 0 aliphatic carbocycles. The molecule has 3 aromatic carbocycles. The van der Waals surface area contributed by atoms with E-state index in [0.29, 0.717) is 6.54 Å². The van der Waals surface area contributed by atoms with Gasteiger partial charge in [-0.25, -0.2) is 12.8 Å². The Morgan fingerprint density at radius 3 is 2.31 bits per heavy atom. The molecule has 0 radical (unpaired) electrons. The monoisotopic (exact) mass is 575 g/mol. The molecule has 3 aromatic rings. The van der Waals surface area contributed by atoms with E-state index < -0.39 is 34.3 Å². The Kier molecular flexibility index (Phi) is 9.22. The van der Waals surface area contributed by atoms with Gasteiger partial charge in [-0.15, -0.1) is 0 Å². The molecule has 0 spiro atoms. The van der Waals surface area contributed by atoms with Crippen molar-refractivity contribution < 1.29 is 22.4 Å². The van der Waals surface area contributed by atoms with Gasteiger partial charge in [-0.3, -0.25) is 13.9 Å². The quantitative estimate of drug-likeness (QED) is 0.389. The largest absolute Gasteiger partial charge is 0.355 e. The summed E-state index contributed by atoms with van der Waals surface area (Å²) in [6.45, 7) is 3.05. The molecule has 0 aromatic heterocycles. The molecule has 7 nitrogen and oxygen atoms in total. The average molecular weight is 576 g/mol. The normalized spacial score (nSPS) is 12.0. The van der Waals surface area contributed by atoms with Crippen molar-refractivity contribution in [2.24, 2.45) is 0 Å². The third-order valence-electron chi connectivity index (χ3n) is 5.49. The SMILES string of the molecule is CCNC(=O)C(C)N(Cc1cccc(Br)c1)C(=O)CN(c1ccccc1F)S(=O)(=O)c1ccccc1. The second-order valence-corrected chi connectivity index (χ2v) is 10.8. The predicted octanol–water partition coefficient (Wildman–Crippen LogP) is 4.34. The van der Waals surface area contributed by atoms with Crippen LogP contribution in [0.2, 0.25) is 0 Å². The van der Waals surface area contributed by atoms with Crippen LogP contribution >= 0.6 is 15.9 Å². The van der Waals surface area contributed by atoms with Gasteiger partial charge in [-0.2, -0.15) is 0 Å². The van der Waals surface area contributed by atoms with Crippen LogP contribution in [-0.2, 0) is 26.2 Å². The molecule has 1 unspecified atom stereocenters. The van der Waals surface area contributed by atoms with Crippen LogP contribution in [0.3, 0.4) is 0 Å². The number of carbonyl (C=O) groups excluding carboxylic acids is 2. The first-order valence-corrected chi connectivity index (χ1v) is 13.5. The number of para-hydroxylation sites is 1. The fourth-order valence-electron chi connectivity index (χ4n) is 3.62. The van der Waals surface area contributed by atoms with E-state index in [2.05, 4.69) is 21.2 Å². The second kappa shape index (κ2) is 12.1. The van der Waals surface area contributed by atoms with E-state index in [-0.39, 0.29) is 23.0 Å². The van der Waals surface area contributed by atoms with Gasteiger partial charge >= 0.3 is 0 Å². The minimum absolute atomic E-state index is 0.0487. The van der Waals surface area contributed by atoms with Gasteiger partial charge in [0.15, 0.2) is 0 Å². The molecule has 0 aliphatic heterocycles. The first-order valence-electron chi connectivity index (χ1n) is 11.3. The lowest BCUT2D eigenvalue weighted by atomic mass is 10.1. The highest BCUT2D eigenvalue weighted by Crippen LogP contribution is 2.27. The highest BCUT2D eigenvalue weighted by molar-refractivity contribution is 9.10. The maximum atomic E-state index is 14.8. The molecule has 0 heterocycles. The lowest BCUT2D eigenvalue weighted by Crippen LogP contribution is -2.51. The highest BCUT2D eigenvalue weighted by Gasteiger charge is 2.33. The molecular formula is C26H27BrFN3O4S. The molecule has 0 bridgehead atoms. The van der Waals surface area contributed by atoms with E-state index in [1.165, 1.54) is 35.2 Å². The molecule has 0 aliphatic rings. The molecule has 10 heteroatoms. The fraction of sp³-hybridized carbons (Fsp3) is 0.231. The van der Waals surface area contributed by atoms with E-state index in [9.17, 15) is 22.4 Å². The van der Waals surface area contributed by atoms with Crippen molar-refractivity contribution in [2.45, 2.75) is 31.3 Å². The number of halogens is 2. The van der Waals surface area contributed by atoms with Crippen LogP contribution < -0.4 is 9.62 Å². The van der Waals surface area contributed by atoms with Crippen molar-refractivity contribution in [2.75, 3.05) is 17.4 Å². The van der Waals surface area contributed by atoms with Gasteiger partial charge in [0.1, 0.15) is 18.4 Å². The van der Waals surface area contributed by atoms with Crippen molar-refractivity contribution in [3.05, 3.63) is 94.7 Å². The smallest absolute Gasteiger partial charge is 0.264 e. The molecule has 3 rings (SSSR count). The maximum Gasteiger partial charge on any atom is 0.264 e. The summed E-state index contributed by atoms with van der Waals surface area (Å²) in [5.41, 5.74) is 0.472. The van der Waals surface area contributed by atoms with Gasteiger partial charge < -0.3 is 10.2 Å². The number of hydrogen-bond donors (Lipinski definition) is 1. The Hall–Kier alpha value is -3.24. The number of nitrogens with one attached hydrogen (secondary N) is 1. The minimum Gasteiger partial charge on any atom is -0.355 e. The van der Waals surface area contributed by atoms with E-state index in [1.807, 2.05) is 6.07 Å². The Balaban J connectivity index is 2.03. The van der Waals surface area contributed by atoms with Crippen LogP contribution in [0.25, 0.3) is 0 Å². The number of carbonyl (C=O) groups is 2. The number of anilines is 1. The molecule has 1 atom stereocenters. The summed E-state index contributed by atoms with van der Waals surface area (Å²) >= 11 is 3.40. The van der Waals surface area contributed by atoms with Crippen LogP contribution in [-0.4, -0.2) is 44.3 Å². The molecule has 190 valence electrons. The van der Waals surface area contributed by atoms with Gasteiger partial charge in [0.05, 0.1) is 10.6 Å². The van der Waals surface area contributed by atoms with Crippen molar-refractivity contribution in [1.29, 1.82) is 0 Å². The van der Waals surface area contributed by atoms with Crippen molar-refractivity contribution in [3.8, 4) is 0 Å². The van der Waals surface area contributed by atoms with Crippen LogP contribution in [0.5, 0.6) is 0 Å². The lowest BCUT2D eigenvalue weighted by molar-refractivity contribution is -0.139. The first kappa shape index (κ1) is 27.3. The van der Waals surface area contributed by atoms with Crippen LogP contribution in [0.4, 0.5) is 10.1 Å². The zero-order valence-corrected chi connectivity index (χ0v) is 22.3. The lowest BCUT2D eigenvalue weighted by Gasteiger charge is -2.32. The summed E-state index contributed by atoms with van der Waals surface area (Å²) in [6, 6.07) is 19.2. The molecule has 36 heavy (non-hydrogen) atoms. The Morgan fingerprint density at radius 2 is 1.67 bits per heavy atom. The Bertz CT molecular complexity index is 1320. The molecule has 1 N–H and O–H groups in total. The van der Waals surface area contributed by atoms with Crippen molar-refractivity contribution >= 4 is 43.5 Å². The van der Waals surface area contributed by atoms with Crippen LogP contribution in [0.15, 0.2) is 88.2 Å². The topological polar surface area (TPSA) is 86.8 Å². The number of hydrogen-bond acceptors (Lipinski definition) is 4. The molecule has 0 saturated heterocycles. The van der Waals surface area contributed by atoms with Gasteiger partial charge in [-0.1, -0.05) is 58.4 Å². The fourth-order valence-corrected chi connectivity index (χ4v) is 5.51. The van der Waals surface area contributed by atoms with E-state index >= 15 is 0 Å². The predicted molar refractivity (Wildman–Crippen MR) is 140 cm³/mol. The Labute approximate surface area is 219 Å². The standard InChI is InChI=1S/C26H27BrFN3O4S/c1-3-29-26(33)19(2)30(17-20-10-9-11-21(27)16-20)25(32)18-31(24-15-8-7-14-23(24)28)36(34,35)22-12-5-4-6-13-22/h4-16,19H,3,17-18H2,1-2H3,(H,29,33). The van der Waals surface area contributed by atoms with Gasteiger partial charge in [0.25, 0.3) is 10.0 Å². The van der Waals surface area contributed by atoms with Gasteiger partial charge in [0, 0.05) is 17.6 Å². The number of benzene rings is 3. The van der Waals surface area contributed by atoms with E-state index in [1.54, 1.807) is 50.2 Å². The van der Waals surface area contributed by atoms with Crippen LogP contribution in [0, 0.1) is 5.82 Å². The second-order valence-electron chi connectivity index (χ2n) is 8.00. The van der Waals surface area contributed by atoms with Gasteiger partial charge in [-0.05, 0) is 55.8 Å². The number of likely N-dealkylation sites (N-methyl/N-ethyl adjacent to an activating group) is 1.